The van der Waals surface area contributed by atoms with Crippen molar-refractivity contribution in [1.82, 2.24) is 9.97 Å². The van der Waals surface area contributed by atoms with Crippen LogP contribution in [0.15, 0.2) is 276 Å². The Bertz CT molecular complexity index is 6460. The Morgan fingerprint density at radius 2 is 0.757 bits per heavy atom. The van der Waals surface area contributed by atoms with Gasteiger partial charge in [-0.3, -0.25) is 14.4 Å². The van der Waals surface area contributed by atoms with Gasteiger partial charge in [0, 0.05) is 93.5 Å². The fraction of sp³-hybridized carbons (Fsp3) is 0.184. The van der Waals surface area contributed by atoms with Gasteiger partial charge in [0.1, 0.15) is 71.4 Å². The highest BCUT2D eigenvalue weighted by molar-refractivity contribution is 9.11. The van der Waals surface area contributed by atoms with Crippen LogP contribution in [0.25, 0.3) is 44.5 Å². The molecule has 11 aromatic carbocycles. The van der Waals surface area contributed by atoms with E-state index >= 15 is 0 Å². The Balaban J connectivity index is 0.000000355. The molecule has 148 heavy (non-hydrogen) atoms. The van der Waals surface area contributed by atoms with Gasteiger partial charge in [0.05, 0.1) is 55.2 Å². The van der Waals surface area contributed by atoms with Gasteiger partial charge in [0.25, 0.3) is 0 Å². The van der Waals surface area contributed by atoms with Crippen LogP contribution in [0.5, 0.6) is 34.5 Å². The van der Waals surface area contributed by atoms with Gasteiger partial charge < -0.3 is 84.4 Å². The molecule has 45 heteroatoms. The minimum atomic E-state index is -2.95. The highest BCUT2D eigenvalue weighted by Crippen LogP contribution is 2.41. The second kappa shape index (κ2) is 64.4. The second-order valence-electron chi connectivity index (χ2n) is 30.0. The van der Waals surface area contributed by atoms with Crippen LogP contribution in [-0.2, 0) is 52.6 Å². The first-order valence-electron chi connectivity index (χ1n) is 41.8. The van der Waals surface area contributed by atoms with E-state index in [1.165, 1.54) is 107 Å². The number of hydrogen-bond donors (Lipinski definition) is 4. The highest BCUT2D eigenvalue weighted by atomic mass is 79.9. The number of halogens is 18. The SMILES string of the molecule is C.COC(=O)Cl.COC(=O)OCc1ccc(OC(F)F)c(-c2cccc(Cl)c2)c1.COC(=O)c1ccc(B2OC(C)(C)C(C)(C)O2)cn1.COC(=O)c1ccc(Cc2ccc(OC(F)F)c(-c3cccc(Cl)c3)c2)cn1.O=Cc1ccc(O)c(Br)c1.O=Cc1ccc(OC(F)F)c(-c2cccc(Cl)c2)c1.O=Cc1ccc(OC(F)F)c(Br)c1.OB(O)c1cccc(Cl)c1.OCc1ccc(OC(F)F)c(-c2cccc(Cl)c2)c1.[CH3-]. The molecule has 1 saturated heterocycles. The average molecular weight is 2310 g/mol. The highest BCUT2D eigenvalue weighted by Gasteiger charge is 2.52. The molecule has 0 radical (unpaired) electrons. The minimum Gasteiger partial charge on any atom is -0.507 e. The number of methoxy groups -OCH3 is 4. The number of carbonyl (C=O) groups excluding carboxylic acids is 7. The van der Waals surface area contributed by atoms with E-state index in [1.54, 1.807) is 188 Å². The standard InChI is InChI=1S/C21H16ClF2NO3.C16H13ClF2O4.C14H11ClF2O2.C14H9ClF2O2.C13H18BNO4.C8H5BrF2O2.C7H5BrO2.C6H6BClO2.C2H3ClO2.CH4.CH3/c1-27-20(26)18-7-5-14(12-25-18)9-13-6-8-19(28-21(23)24)17(10-13)15-3-2-4-16(22)11-15;1-21-16(20)22-9-10-5-6-14(23-15(18)19)13(7-10)11-3-2-4-12(17)8-11;2*15-11-3-1-2-10(7-11)12-6-9(8-18)4-5-13(12)19-14(16)17;1-12(2)13(3,4)19-14(18-12)9-6-7-10(15-8-9)11(16)17-5;9-6-3-5(4-12)1-2-7(6)13-8(10)11;8-6-3-5(4-9)1-2-7(6)10;8-6-3-1-2-5(4-6)7(9)10;1-5-2(3)4;;/h2-8,10-12,21H,9H2,1H3;2-8,15H,9H2,1H3;1-7,14,18H,8H2;1-8,14H;6-8H,1-5H3;1-4,8H;1-4,10H;1-4,9-10H;1H3;1H4;1H3/q;;;;;;;;;;-1. The number of aromatic nitrogens is 2. The Labute approximate surface area is 892 Å². The smallest absolute Gasteiger partial charge is 0.507 e. The van der Waals surface area contributed by atoms with Gasteiger partial charge in [0.2, 0.25) is 0 Å². The van der Waals surface area contributed by atoms with Crippen molar-refractivity contribution in [3.8, 4) is 79.0 Å². The molecule has 1 aliphatic rings. The molecule has 0 aliphatic carbocycles. The van der Waals surface area contributed by atoms with E-state index in [1.807, 2.05) is 27.7 Å². The van der Waals surface area contributed by atoms with Gasteiger partial charge in [0.15, 0.2) is 0 Å². The number of phenols is 1. The van der Waals surface area contributed by atoms with Gasteiger partial charge in [-0.1, -0.05) is 156 Å². The monoisotopic (exact) mass is 2310 g/mol. The van der Waals surface area contributed by atoms with Crippen molar-refractivity contribution in [2.45, 2.75) is 99.0 Å². The minimum absolute atomic E-state index is 0. The molecule has 0 atom stereocenters. The predicted octanol–water partition coefficient (Wildman–Crippen LogP) is 26.9. The van der Waals surface area contributed by atoms with Crippen molar-refractivity contribution in [2.75, 3.05) is 28.4 Å². The summed E-state index contributed by atoms with van der Waals surface area (Å²) < 4.78 is 181. The quantitative estimate of drug-likeness (QED) is 0.00744. The molecule has 13 aromatic rings. The van der Waals surface area contributed by atoms with Crippen LogP contribution in [0.2, 0.25) is 25.1 Å². The summed E-state index contributed by atoms with van der Waals surface area (Å²) in [5.41, 5.74) is 8.67. The maximum atomic E-state index is 12.8. The lowest BCUT2D eigenvalue weighted by Crippen LogP contribution is -2.41. The van der Waals surface area contributed by atoms with Crippen LogP contribution < -0.4 is 34.6 Å². The van der Waals surface area contributed by atoms with E-state index in [2.05, 4.69) is 96.1 Å². The number of rotatable bonds is 26. The number of aromatic hydroxyl groups is 1. The van der Waals surface area contributed by atoms with Crippen molar-refractivity contribution in [2.24, 2.45) is 0 Å². The number of aldehydes is 3. The molecule has 1 aliphatic heterocycles. The predicted molar refractivity (Wildman–Crippen MR) is 552 cm³/mol. The normalized spacial score (nSPS) is 11.4. The number of benzene rings is 11. The summed E-state index contributed by atoms with van der Waals surface area (Å²) >= 11 is 40.0. The number of ether oxygens (including phenoxy) is 10. The summed E-state index contributed by atoms with van der Waals surface area (Å²) in [7, 11) is 3.13. The first-order valence-corrected chi connectivity index (χ1v) is 45.7. The number of pyridine rings is 2. The van der Waals surface area contributed by atoms with Crippen LogP contribution in [0.1, 0.15) is 109 Å². The van der Waals surface area contributed by atoms with Crippen LogP contribution in [0.3, 0.4) is 0 Å². The molecule has 0 bridgehead atoms. The number of aliphatic hydroxyl groups is 1. The third-order valence-electron chi connectivity index (χ3n) is 19.4. The molecule has 4 N–H and O–H groups in total. The summed E-state index contributed by atoms with van der Waals surface area (Å²) in [5.74, 6) is -0.684. The molecule has 3 heterocycles. The molecule has 0 spiro atoms. The van der Waals surface area contributed by atoms with E-state index in [9.17, 15) is 77.5 Å². The number of phenolic OH excluding ortho intramolecular Hbond substituents is 1. The van der Waals surface area contributed by atoms with Gasteiger partial charge in [-0.05, 0) is 280 Å². The van der Waals surface area contributed by atoms with Crippen molar-refractivity contribution in [3.05, 3.63) is 359 Å². The van der Waals surface area contributed by atoms with Crippen LogP contribution in [0.4, 0.5) is 53.5 Å². The van der Waals surface area contributed by atoms with Crippen molar-refractivity contribution >= 4 is 169 Å². The van der Waals surface area contributed by atoms with E-state index in [-0.39, 0.29) is 74.0 Å². The Morgan fingerprint density at radius 1 is 0.419 bits per heavy atom. The number of alkyl halides is 10. The van der Waals surface area contributed by atoms with Crippen molar-refractivity contribution in [3.63, 3.8) is 0 Å². The number of esters is 2. The van der Waals surface area contributed by atoms with E-state index in [4.69, 9.17) is 92.3 Å². The second-order valence-corrected chi connectivity index (χ2v) is 34.2. The molecule has 786 valence electrons. The number of nitrogens with zero attached hydrogens (tertiary/aromatic N) is 2. The topological polar surface area (TPSA) is 337 Å². The van der Waals surface area contributed by atoms with Crippen LogP contribution >= 0.6 is 101 Å². The zero-order valence-corrected chi connectivity index (χ0v) is 86.2. The van der Waals surface area contributed by atoms with Gasteiger partial charge >= 0.3 is 70.8 Å². The number of aliphatic hydroxyl groups excluding tert-OH is 1. The maximum Gasteiger partial charge on any atom is 0.508 e. The average Bonchev–Trinajstić information content (AvgIpc) is 1.62. The zero-order chi connectivity index (χ0) is 108. The van der Waals surface area contributed by atoms with Crippen LogP contribution in [0, 0.1) is 7.43 Å². The van der Waals surface area contributed by atoms with Gasteiger partial charge in [-0.2, -0.15) is 43.9 Å². The molecule has 25 nitrogen and oxygen atoms in total. The lowest BCUT2D eigenvalue weighted by Gasteiger charge is -2.32. The van der Waals surface area contributed by atoms with Gasteiger partial charge in [-0.25, -0.2) is 29.1 Å². The van der Waals surface area contributed by atoms with Crippen molar-refractivity contribution in [1.29, 1.82) is 0 Å². The summed E-state index contributed by atoms with van der Waals surface area (Å²) in [6.07, 6.45) is 4.81. The van der Waals surface area contributed by atoms with E-state index in [0.717, 1.165) is 22.9 Å². The first-order chi connectivity index (χ1) is 69.2. The first kappa shape index (κ1) is 127. The molecular weight excluding hydrogens is 2220 g/mol. The fourth-order valence-corrected chi connectivity index (χ4v) is 13.8. The van der Waals surface area contributed by atoms with Gasteiger partial charge in [-0.15, -0.1) is 0 Å². The molecule has 0 amide bonds. The molecule has 0 saturated carbocycles. The zero-order valence-electron chi connectivity index (χ0n) is 78.5. The lowest BCUT2D eigenvalue weighted by molar-refractivity contribution is -0.0508. The third-order valence-corrected chi connectivity index (χ3v) is 22.0. The summed E-state index contributed by atoms with van der Waals surface area (Å²) in [6, 6.07) is 67.2. The molecule has 1 fully saturated rings. The summed E-state index contributed by atoms with van der Waals surface area (Å²) in [4.78, 5) is 82.5. The number of hydrogen-bond acceptors (Lipinski definition) is 25. The number of carbonyl (C=O) groups is 7. The Morgan fingerprint density at radius 3 is 1.09 bits per heavy atom. The third kappa shape index (κ3) is 43.5. The Hall–Kier alpha value is -12.9. The molecule has 2 aromatic heterocycles. The fourth-order valence-electron chi connectivity index (χ4n) is 12.0. The van der Waals surface area contributed by atoms with E-state index in [0.29, 0.717) is 131 Å². The summed E-state index contributed by atoms with van der Waals surface area (Å²) in [5, 5.41) is 37.8. The van der Waals surface area contributed by atoms with Crippen LogP contribution in [-0.4, -0.2) is 160 Å². The summed E-state index contributed by atoms with van der Waals surface area (Å²) in [6.45, 7) is -6.86. The lowest BCUT2D eigenvalue weighted by atomic mass is 9.80. The maximum absolute atomic E-state index is 12.8. The largest absolute Gasteiger partial charge is 0.508 e. The molecule has 0 unspecified atom stereocenters. The van der Waals surface area contributed by atoms with E-state index < -0.39 is 82.0 Å². The molecular formula is C103H93B2Br2Cl6F10N2O23-. The van der Waals surface area contributed by atoms with Crippen molar-refractivity contribution < 1.29 is 154 Å². The Kier molecular flexibility index (Phi) is 55.5. The molecule has 14 rings (SSSR count).